The van der Waals surface area contributed by atoms with E-state index >= 15 is 0 Å². The Labute approximate surface area is 82.3 Å². The van der Waals surface area contributed by atoms with E-state index in [1.807, 2.05) is 6.92 Å². The summed E-state index contributed by atoms with van der Waals surface area (Å²) >= 11 is 0. The Hall–Kier alpha value is -1.30. The molecule has 0 amide bonds. The maximum atomic E-state index is 9.53. The summed E-state index contributed by atoms with van der Waals surface area (Å²) in [4.78, 5) is 0. The van der Waals surface area contributed by atoms with E-state index in [4.69, 9.17) is 10.4 Å². The molecule has 0 heterocycles. The Morgan fingerprint density at radius 3 is 2.14 bits per heavy atom. The Balaban J connectivity index is 2.94. The minimum Gasteiger partial charge on any atom is -0.288 e. The van der Waals surface area contributed by atoms with Crippen LogP contribution in [0.2, 0.25) is 0 Å². The fraction of sp³-hybridized carbons (Fsp3) is 0.333. The SMILES string of the molecule is CCCN(O)c1ccccc1N(O)O. The molecule has 0 atom stereocenters. The lowest BCUT2D eigenvalue weighted by Crippen LogP contribution is -2.22. The van der Waals surface area contributed by atoms with Crippen molar-refractivity contribution in [2.45, 2.75) is 13.3 Å². The molecule has 5 heteroatoms. The fourth-order valence-electron chi connectivity index (χ4n) is 1.18. The molecule has 1 aromatic carbocycles. The van der Waals surface area contributed by atoms with Crippen molar-refractivity contribution >= 4 is 11.4 Å². The van der Waals surface area contributed by atoms with Crippen molar-refractivity contribution < 1.29 is 15.6 Å². The van der Waals surface area contributed by atoms with Crippen molar-refractivity contribution in [1.82, 2.24) is 0 Å². The number of hydrogen-bond donors (Lipinski definition) is 3. The first-order valence-corrected chi connectivity index (χ1v) is 4.40. The van der Waals surface area contributed by atoms with Gasteiger partial charge in [-0.2, -0.15) is 0 Å². The molecule has 0 bridgehead atoms. The zero-order valence-electron chi connectivity index (χ0n) is 7.96. The second-order valence-corrected chi connectivity index (χ2v) is 2.90. The van der Waals surface area contributed by atoms with E-state index in [-0.39, 0.29) is 10.9 Å². The van der Waals surface area contributed by atoms with Crippen molar-refractivity contribution in [3.63, 3.8) is 0 Å². The molecule has 0 spiro atoms. The summed E-state index contributed by atoms with van der Waals surface area (Å²) in [6, 6.07) is 6.46. The molecule has 1 aromatic rings. The van der Waals surface area contributed by atoms with Gasteiger partial charge in [0, 0.05) is 6.54 Å². The number of hydroxylamine groups is 1. The zero-order chi connectivity index (χ0) is 10.6. The van der Waals surface area contributed by atoms with Crippen LogP contribution in [0, 0.1) is 0 Å². The Morgan fingerprint density at radius 2 is 1.64 bits per heavy atom. The van der Waals surface area contributed by atoms with E-state index in [2.05, 4.69) is 0 Å². The molecule has 0 saturated heterocycles. The highest BCUT2D eigenvalue weighted by Gasteiger charge is 2.10. The predicted molar refractivity (Wildman–Crippen MR) is 51.9 cm³/mol. The van der Waals surface area contributed by atoms with Gasteiger partial charge in [0.2, 0.25) is 0 Å². The van der Waals surface area contributed by atoms with E-state index < -0.39 is 0 Å². The quantitative estimate of drug-likeness (QED) is 0.644. The highest BCUT2D eigenvalue weighted by molar-refractivity contribution is 5.67. The van der Waals surface area contributed by atoms with Gasteiger partial charge >= 0.3 is 0 Å². The molecule has 0 unspecified atom stereocenters. The van der Waals surface area contributed by atoms with Gasteiger partial charge in [0.25, 0.3) is 0 Å². The third-order valence-electron chi connectivity index (χ3n) is 1.81. The van der Waals surface area contributed by atoms with Crippen LogP contribution in [0.1, 0.15) is 13.3 Å². The van der Waals surface area contributed by atoms with Crippen LogP contribution in [-0.4, -0.2) is 22.2 Å². The van der Waals surface area contributed by atoms with Crippen LogP contribution in [0.3, 0.4) is 0 Å². The highest BCUT2D eigenvalue weighted by atomic mass is 16.8. The van der Waals surface area contributed by atoms with Crippen molar-refractivity contribution in [2.24, 2.45) is 0 Å². The smallest absolute Gasteiger partial charge is 0.120 e. The number of benzene rings is 1. The van der Waals surface area contributed by atoms with E-state index in [1.165, 1.54) is 6.07 Å². The first-order valence-electron chi connectivity index (χ1n) is 4.40. The Kier molecular flexibility index (Phi) is 3.70. The second kappa shape index (κ2) is 4.80. The third kappa shape index (κ3) is 2.35. The van der Waals surface area contributed by atoms with Crippen molar-refractivity contribution in [1.29, 1.82) is 0 Å². The summed E-state index contributed by atoms with van der Waals surface area (Å²) in [5.74, 6) is 0. The van der Waals surface area contributed by atoms with Crippen LogP contribution < -0.4 is 10.3 Å². The van der Waals surface area contributed by atoms with Crippen molar-refractivity contribution in [2.75, 3.05) is 16.8 Å². The maximum Gasteiger partial charge on any atom is 0.120 e. The normalized spacial score (nSPS) is 10.0. The van der Waals surface area contributed by atoms with Gasteiger partial charge in [-0.3, -0.25) is 20.7 Å². The van der Waals surface area contributed by atoms with Gasteiger partial charge < -0.3 is 0 Å². The molecule has 0 aliphatic heterocycles. The van der Waals surface area contributed by atoms with Gasteiger partial charge in [-0.05, 0) is 18.6 Å². The molecule has 78 valence electrons. The van der Waals surface area contributed by atoms with Crippen LogP contribution in [0.4, 0.5) is 11.4 Å². The molecule has 1 rings (SSSR count). The average Bonchev–Trinajstić information content (AvgIpc) is 2.18. The molecule has 0 aliphatic carbocycles. The summed E-state index contributed by atoms with van der Waals surface area (Å²) in [6.45, 7) is 2.35. The topological polar surface area (TPSA) is 67.2 Å². The average molecular weight is 198 g/mol. The van der Waals surface area contributed by atoms with Crippen LogP contribution in [0.25, 0.3) is 0 Å². The minimum atomic E-state index is -0.00574. The van der Waals surface area contributed by atoms with E-state index in [9.17, 15) is 5.21 Å². The molecule has 14 heavy (non-hydrogen) atoms. The lowest BCUT2D eigenvalue weighted by molar-refractivity contribution is 0.0288. The van der Waals surface area contributed by atoms with Crippen molar-refractivity contribution in [3.8, 4) is 0 Å². The number of nitrogens with zero attached hydrogens (tertiary/aromatic N) is 2. The van der Waals surface area contributed by atoms with Gasteiger partial charge in [-0.15, -0.1) is 5.23 Å². The summed E-state index contributed by atoms with van der Waals surface area (Å²) in [5.41, 5.74) is 0.503. The lowest BCUT2D eigenvalue weighted by Gasteiger charge is -2.20. The molecule has 0 radical (unpaired) electrons. The molecule has 0 fully saturated rings. The van der Waals surface area contributed by atoms with Crippen LogP contribution >= 0.6 is 0 Å². The second-order valence-electron chi connectivity index (χ2n) is 2.90. The largest absolute Gasteiger partial charge is 0.288 e. The van der Waals surface area contributed by atoms with Crippen LogP contribution in [-0.2, 0) is 0 Å². The first-order chi connectivity index (χ1) is 6.66. The van der Waals surface area contributed by atoms with E-state index in [0.29, 0.717) is 12.2 Å². The molecular formula is C9H14N2O3. The molecule has 3 N–H and O–H groups in total. The van der Waals surface area contributed by atoms with E-state index in [0.717, 1.165) is 11.5 Å². The van der Waals surface area contributed by atoms with Gasteiger partial charge in [0.15, 0.2) is 0 Å². The predicted octanol–water partition coefficient (Wildman–Crippen LogP) is 1.88. The monoisotopic (exact) mass is 198 g/mol. The molecular weight excluding hydrogens is 184 g/mol. The van der Waals surface area contributed by atoms with Gasteiger partial charge in [-0.25, -0.2) is 0 Å². The number of rotatable bonds is 4. The van der Waals surface area contributed by atoms with E-state index in [1.54, 1.807) is 18.2 Å². The summed E-state index contributed by atoms with van der Waals surface area (Å²) in [7, 11) is 0. The number of anilines is 2. The Bertz CT molecular complexity index is 291. The summed E-state index contributed by atoms with van der Waals surface area (Å²) in [6.07, 6.45) is 0.766. The van der Waals surface area contributed by atoms with Crippen LogP contribution in [0.15, 0.2) is 24.3 Å². The highest BCUT2D eigenvalue weighted by Crippen LogP contribution is 2.26. The number of para-hydroxylation sites is 2. The lowest BCUT2D eigenvalue weighted by atomic mass is 10.2. The molecule has 5 nitrogen and oxygen atoms in total. The zero-order valence-corrected chi connectivity index (χ0v) is 7.96. The summed E-state index contributed by atoms with van der Waals surface area (Å²) in [5, 5.41) is 28.3. The molecule has 0 aliphatic rings. The first kappa shape index (κ1) is 10.8. The van der Waals surface area contributed by atoms with Crippen LogP contribution in [0.5, 0.6) is 0 Å². The maximum absolute atomic E-state index is 9.53. The fourth-order valence-corrected chi connectivity index (χ4v) is 1.18. The third-order valence-corrected chi connectivity index (χ3v) is 1.81. The molecule has 0 aromatic heterocycles. The van der Waals surface area contributed by atoms with Crippen molar-refractivity contribution in [3.05, 3.63) is 24.3 Å². The summed E-state index contributed by atoms with van der Waals surface area (Å²) < 4.78 is 0. The minimum absolute atomic E-state index is 0.00574. The standard InChI is InChI=1S/C9H14N2O3/c1-2-7-10(12)8-5-3-4-6-9(8)11(13)14/h3-6,12-14H,2,7H2,1H3. The van der Waals surface area contributed by atoms with Gasteiger partial charge in [0.05, 0.1) is 5.69 Å². The Morgan fingerprint density at radius 1 is 1.07 bits per heavy atom. The van der Waals surface area contributed by atoms with Gasteiger partial charge in [0.1, 0.15) is 5.69 Å². The number of hydrogen-bond acceptors (Lipinski definition) is 5. The van der Waals surface area contributed by atoms with Gasteiger partial charge in [-0.1, -0.05) is 19.1 Å². The molecule has 0 saturated carbocycles.